The smallest absolute Gasteiger partial charge is 0.178 e. The third kappa shape index (κ3) is 3.35. The fraction of sp³-hybridized carbons (Fsp3) is 0.500. The molecule has 4 nitrogen and oxygen atoms in total. The number of rotatable bonds is 5. The van der Waals surface area contributed by atoms with Crippen LogP contribution in [0.3, 0.4) is 0 Å². The molecule has 1 fully saturated rings. The van der Waals surface area contributed by atoms with Gasteiger partial charge in [0, 0.05) is 17.6 Å². The number of hydrogen-bond acceptors (Lipinski definition) is 4. The minimum atomic E-state index is 0.109. The highest BCUT2D eigenvalue weighted by Crippen LogP contribution is 2.27. The van der Waals surface area contributed by atoms with Gasteiger partial charge in [-0.3, -0.25) is 9.48 Å². The first-order chi connectivity index (χ1) is 10.3. The van der Waals surface area contributed by atoms with E-state index in [1.54, 1.807) is 13.2 Å². The van der Waals surface area contributed by atoms with Gasteiger partial charge in [-0.2, -0.15) is 5.10 Å². The van der Waals surface area contributed by atoms with Crippen LogP contribution in [0.25, 0.3) is 0 Å². The largest absolute Gasteiger partial charge is 0.496 e. The van der Waals surface area contributed by atoms with Gasteiger partial charge < -0.3 is 4.74 Å². The Morgan fingerprint density at radius 2 is 2.24 bits per heavy atom. The van der Waals surface area contributed by atoms with Gasteiger partial charge in [-0.1, -0.05) is 19.3 Å². The van der Waals surface area contributed by atoms with Gasteiger partial charge >= 0.3 is 0 Å². The Morgan fingerprint density at radius 3 is 2.95 bits per heavy atom. The van der Waals surface area contributed by atoms with E-state index in [9.17, 15) is 4.79 Å². The molecule has 0 radical (unpaired) electrons. The summed E-state index contributed by atoms with van der Waals surface area (Å²) in [6.45, 7) is 0. The van der Waals surface area contributed by atoms with Crippen molar-refractivity contribution in [1.29, 1.82) is 0 Å². The standard InChI is InChI=1S/C16H20N2O2S/c1-20-14-10-16(21-11-14)15(19)9-12-7-8-18(17-12)13-5-3-2-4-6-13/h7-8,10-11,13H,2-6,9H2,1H3. The maximum atomic E-state index is 12.2. The van der Waals surface area contributed by atoms with Gasteiger partial charge in [0.05, 0.1) is 30.1 Å². The van der Waals surface area contributed by atoms with Gasteiger partial charge in [-0.05, 0) is 18.9 Å². The molecule has 112 valence electrons. The van der Waals surface area contributed by atoms with Crippen LogP contribution in [-0.2, 0) is 6.42 Å². The van der Waals surface area contributed by atoms with E-state index in [0.717, 1.165) is 16.3 Å². The zero-order valence-electron chi connectivity index (χ0n) is 12.2. The summed E-state index contributed by atoms with van der Waals surface area (Å²) in [5, 5.41) is 6.45. The molecule has 0 atom stereocenters. The summed E-state index contributed by atoms with van der Waals surface area (Å²) in [6, 6.07) is 4.28. The third-order valence-corrected chi connectivity index (χ3v) is 4.99. The number of nitrogens with zero attached hydrogens (tertiary/aromatic N) is 2. The van der Waals surface area contributed by atoms with E-state index in [0.29, 0.717) is 12.5 Å². The van der Waals surface area contributed by atoms with Crippen molar-refractivity contribution in [3.05, 3.63) is 34.3 Å². The predicted octanol–water partition coefficient (Wildman–Crippen LogP) is 3.88. The zero-order chi connectivity index (χ0) is 14.7. The molecule has 0 aromatic carbocycles. The number of Topliss-reactive ketones (excluding diaryl/α,β-unsaturated/α-hetero) is 1. The number of carbonyl (C=O) groups excluding carboxylic acids is 1. The van der Waals surface area contributed by atoms with E-state index in [4.69, 9.17) is 4.74 Å². The summed E-state index contributed by atoms with van der Waals surface area (Å²) in [4.78, 5) is 13.0. The molecule has 0 saturated heterocycles. The van der Waals surface area contributed by atoms with Crippen molar-refractivity contribution in [2.45, 2.75) is 44.6 Å². The summed E-state index contributed by atoms with van der Waals surface area (Å²) < 4.78 is 7.17. The Bertz CT molecular complexity index is 611. The average molecular weight is 304 g/mol. The van der Waals surface area contributed by atoms with Gasteiger partial charge in [0.1, 0.15) is 5.75 Å². The van der Waals surface area contributed by atoms with E-state index in [2.05, 4.69) is 9.78 Å². The summed E-state index contributed by atoms with van der Waals surface area (Å²) >= 11 is 1.43. The van der Waals surface area contributed by atoms with Gasteiger partial charge in [0.2, 0.25) is 0 Å². The zero-order valence-corrected chi connectivity index (χ0v) is 13.1. The maximum absolute atomic E-state index is 12.2. The summed E-state index contributed by atoms with van der Waals surface area (Å²) in [7, 11) is 1.61. The molecule has 0 amide bonds. The molecule has 1 saturated carbocycles. The second-order valence-electron chi connectivity index (χ2n) is 5.53. The lowest BCUT2D eigenvalue weighted by molar-refractivity contribution is 0.0995. The van der Waals surface area contributed by atoms with E-state index in [1.807, 2.05) is 17.6 Å². The monoisotopic (exact) mass is 304 g/mol. The molecule has 1 aliphatic carbocycles. The number of carbonyl (C=O) groups is 1. The van der Waals surface area contributed by atoms with Crippen LogP contribution in [0.5, 0.6) is 5.75 Å². The molecular weight excluding hydrogens is 284 g/mol. The van der Waals surface area contributed by atoms with Crippen LogP contribution in [0.4, 0.5) is 0 Å². The molecule has 21 heavy (non-hydrogen) atoms. The quantitative estimate of drug-likeness (QED) is 0.787. The fourth-order valence-corrected chi connectivity index (χ4v) is 3.64. The first-order valence-corrected chi connectivity index (χ1v) is 8.34. The van der Waals surface area contributed by atoms with E-state index in [-0.39, 0.29) is 5.78 Å². The van der Waals surface area contributed by atoms with Crippen molar-refractivity contribution >= 4 is 17.1 Å². The molecule has 0 unspecified atom stereocenters. The van der Waals surface area contributed by atoms with E-state index < -0.39 is 0 Å². The van der Waals surface area contributed by atoms with Crippen molar-refractivity contribution < 1.29 is 9.53 Å². The molecule has 5 heteroatoms. The van der Waals surface area contributed by atoms with Crippen LogP contribution in [0.1, 0.15) is 53.5 Å². The van der Waals surface area contributed by atoms with Crippen LogP contribution >= 0.6 is 11.3 Å². The summed E-state index contributed by atoms with van der Waals surface area (Å²) in [5.74, 6) is 0.855. The van der Waals surface area contributed by atoms with Gasteiger partial charge in [-0.15, -0.1) is 11.3 Å². The lowest BCUT2D eigenvalue weighted by atomic mass is 9.96. The Morgan fingerprint density at radius 1 is 1.43 bits per heavy atom. The molecule has 0 aliphatic heterocycles. The highest BCUT2D eigenvalue weighted by Gasteiger charge is 2.17. The average Bonchev–Trinajstić information content (AvgIpc) is 3.17. The molecule has 3 rings (SSSR count). The van der Waals surface area contributed by atoms with Crippen LogP contribution in [-0.4, -0.2) is 22.7 Å². The Hall–Kier alpha value is -1.62. The lowest BCUT2D eigenvalue weighted by Gasteiger charge is -2.21. The SMILES string of the molecule is COc1csc(C(=O)Cc2ccn(C3CCCCC3)n2)c1. The summed E-state index contributed by atoms with van der Waals surface area (Å²) in [5.41, 5.74) is 0.859. The molecule has 0 bridgehead atoms. The van der Waals surface area contributed by atoms with Crippen molar-refractivity contribution in [1.82, 2.24) is 9.78 Å². The maximum Gasteiger partial charge on any atom is 0.178 e. The highest BCUT2D eigenvalue weighted by atomic mass is 32.1. The van der Waals surface area contributed by atoms with Crippen LogP contribution < -0.4 is 4.74 Å². The molecule has 0 N–H and O–H groups in total. The third-order valence-electron chi connectivity index (χ3n) is 4.04. The molecule has 2 heterocycles. The van der Waals surface area contributed by atoms with Gasteiger partial charge in [-0.25, -0.2) is 0 Å². The number of aromatic nitrogens is 2. The Balaban J connectivity index is 1.64. The molecular formula is C16H20N2O2S. The second kappa shape index (κ2) is 6.43. The van der Waals surface area contributed by atoms with Crippen molar-refractivity contribution in [3.8, 4) is 5.75 Å². The topological polar surface area (TPSA) is 44.1 Å². The number of ether oxygens (including phenoxy) is 1. The number of methoxy groups -OCH3 is 1. The van der Waals surface area contributed by atoms with Crippen LogP contribution in [0, 0.1) is 0 Å². The van der Waals surface area contributed by atoms with Crippen molar-refractivity contribution in [2.75, 3.05) is 7.11 Å². The predicted molar refractivity (Wildman–Crippen MR) is 83.3 cm³/mol. The minimum absolute atomic E-state index is 0.109. The van der Waals surface area contributed by atoms with Gasteiger partial charge in [0.15, 0.2) is 5.78 Å². The molecule has 1 aliphatic rings. The van der Waals surface area contributed by atoms with E-state index in [1.165, 1.54) is 43.4 Å². The Kier molecular flexibility index (Phi) is 4.39. The molecule has 2 aromatic rings. The van der Waals surface area contributed by atoms with Crippen LogP contribution in [0.15, 0.2) is 23.7 Å². The normalized spacial score (nSPS) is 16.0. The molecule has 0 spiro atoms. The summed E-state index contributed by atoms with van der Waals surface area (Å²) in [6.07, 6.45) is 8.70. The fourth-order valence-electron chi connectivity index (χ4n) is 2.84. The van der Waals surface area contributed by atoms with Crippen molar-refractivity contribution in [2.24, 2.45) is 0 Å². The lowest BCUT2D eigenvalue weighted by Crippen LogP contribution is -2.14. The first kappa shape index (κ1) is 14.3. The Labute approximate surface area is 128 Å². The number of hydrogen-bond donors (Lipinski definition) is 0. The number of ketones is 1. The highest BCUT2D eigenvalue weighted by molar-refractivity contribution is 7.12. The number of thiophene rings is 1. The molecule has 2 aromatic heterocycles. The second-order valence-corrected chi connectivity index (χ2v) is 6.44. The van der Waals surface area contributed by atoms with Crippen LogP contribution in [0.2, 0.25) is 0 Å². The first-order valence-electron chi connectivity index (χ1n) is 7.46. The minimum Gasteiger partial charge on any atom is -0.496 e. The van der Waals surface area contributed by atoms with Crippen molar-refractivity contribution in [3.63, 3.8) is 0 Å². The van der Waals surface area contributed by atoms with E-state index >= 15 is 0 Å². The van der Waals surface area contributed by atoms with Gasteiger partial charge in [0.25, 0.3) is 0 Å².